The number of thioether (sulfide) groups is 4. The van der Waals surface area contributed by atoms with Crippen LogP contribution < -0.4 is 0 Å². The SMILES string of the molecule is CCOC(=O)SCCN1C(=O)N(CCSC(=O)OCC)C2C1N(CCSC(=O)OC)C(=O)N2CCSC(=O)OCC. The van der Waals surface area contributed by atoms with Crippen molar-refractivity contribution in [1.82, 2.24) is 19.6 Å². The van der Waals surface area contributed by atoms with E-state index in [-0.39, 0.29) is 81.1 Å². The van der Waals surface area contributed by atoms with E-state index in [2.05, 4.69) is 4.74 Å². The Morgan fingerprint density at radius 3 is 1.07 bits per heavy atom. The van der Waals surface area contributed by atoms with Gasteiger partial charge in [0, 0.05) is 49.2 Å². The van der Waals surface area contributed by atoms with Crippen LogP contribution in [-0.2, 0) is 18.9 Å². The van der Waals surface area contributed by atoms with Gasteiger partial charge in [-0.2, -0.15) is 0 Å². The lowest BCUT2D eigenvalue weighted by atomic mass is 10.3. The van der Waals surface area contributed by atoms with Gasteiger partial charge in [-0.3, -0.25) is 19.6 Å². The van der Waals surface area contributed by atoms with Crippen molar-refractivity contribution in [1.29, 1.82) is 0 Å². The summed E-state index contributed by atoms with van der Waals surface area (Å²) >= 11 is 3.68. The maximum absolute atomic E-state index is 13.7. The quantitative estimate of drug-likeness (QED) is 0.182. The number of carbonyl (C=O) groups is 6. The first-order chi connectivity index (χ1) is 19.7. The van der Waals surface area contributed by atoms with Crippen LogP contribution in [0.4, 0.5) is 28.8 Å². The minimum absolute atomic E-state index is 0.140. The summed E-state index contributed by atoms with van der Waals surface area (Å²) in [5.74, 6) is 0.927. The highest BCUT2D eigenvalue weighted by molar-refractivity contribution is 8.14. The van der Waals surface area contributed by atoms with E-state index in [1.54, 1.807) is 20.8 Å². The summed E-state index contributed by atoms with van der Waals surface area (Å²) in [7, 11) is 1.26. The minimum atomic E-state index is -0.726. The Kier molecular flexibility index (Phi) is 15.7. The molecule has 2 aliphatic rings. The number of methoxy groups -OCH3 is 1. The van der Waals surface area contributed by atoms with Gasteiger partial charge in [-0.05, 0) is 67.8 Å². The molecule has 0 saturated carbocycles. The van der Waals surface area contributed by atoms with Crippen LogP contribution in [0.15, 0.2) is 0 Å². The molecule has 0 aromatic heterocycles. The average molecular weight is 657 g/mol. The molecule has 2 aliphatic heterocycles. The summed E-state index contributed by atoms with van der Waals surface area (Å²) in [6.45, 7) is 6.34. The highest BCUT2D eigenvalue weighted by atomic mass is 32.2. The molecule has 18 heteroatoms. The molecule has 2 fully saturated rings. The molecule has 0 aliphatic carbocycles. The Bertz CT molecular complexity index is 924. The number of ether oxygens (including phenoxy) is 4. The van der Waals surface area contributed by atoms with Gasteiger partial charge in [0.15, 0.2) is 0 Å². The number of hydrogen-bond donors (Lipinski definition) is 0. The smallest absolute Gasteiger partial charge is 0.367 e. The molecule has 4 amide bonds. The molecule has 232 valence electrons. The second-order valence-corrected chi connectivity index (χ2v) is 12.2. The number of fused-ring (bicyclic) bond motifs is 1. The van der Waals surface area contributed by atoms with Crippen LogP contribution in [0.2, 0.25) is 0 Å². The number of nitrogens with zero attached hydrogens (tertiary/aromatic N) is 4. The monoisotopic (exact) mass is 656 g/mol. The third-order valence-electron chi connectivity index (χ3n) is 5.69. The van der Waals surface area contributed by atoms with Crippen molar-refractivity contribution in [3.8, 4) is 0 Å². The van der Waals surface area contributed by atoms with Crippen LogP contribution in [0.3, 0.4) is 0 Å². The van der Waals surface area contributed by atoms with Crippen molar-refractivity contribution in [2.75, 3.05) is 76.1 Å². The van der Waals surface area contributed by atoms with Crippen LogP contribution >= 0.6 is 47.0 Å². The van der Waals surface area contributed by atoms with Crippen molar-refractivity contribution in [2.45, 2.75) is 33.1 Å². The van der Waals surface area contributed by atoms with Crippen LogP contribution in [0.5, 0.6) is 0 Å². The van der Waals surface area contributed by atoms with Gasteiger partial charge in [-0.25, -0.2) is 28.8 Å². The fourth-order valence-corrected chi connectivity index (χ4v) is 6.66. The predicted molar refractivity (Wildman–Crippen MR) is 158 cm³/mol. The first-order valence-corrected chi connectivity index (χ1v) is 16.9. The Morgan fingerprint density at radius 2 is 0.829 bits per heavy atom. The van der Waals surface area contributed by atoms with Gasteiger partial charge in [0.2, 0.25) is 0 Å². The molecule has 2 heterocycles. The number of hydrogen-bond acceptors (Lipinski definition) is 14. The van der Waals surface area contributed by atoms with E-state index in [4.69, 9.17) is 14.2 Å². The standard InChI is InChI=1S/C23H36N4O10S4/c1-5-35-21(31)39-13-9-25-16-17(27(19(25)29)11-15-41-23(33)37-7-3)26(10-14-40-22(32)36-6-2)18(28)24(16)8-12-38-20(30)34-4/h16-17H,5-15H2,1-4H3. The van der Waals surface area contributed by atoms with E-state index in [1.807, 2.05) is 0 Å². The minimum Gasteiger partial charge on any atom is -0.461 e. The molecule has 14 nitrogen and oxygen atoms in total. The number of urea groups is 2. The van der Waals surface area contributed by atoms with E-state index in [0.29, 0.717) is 0 Å². The number of rotatable bonds is 15. The first kappa shape index (κ1) is 35.0. The Labute approximate surface area is 256 Å². The molecule has 0 radical (unpaired) electrons. The highest BCUT2D eigenvalue weighted by Gasteiger charge is 2.58. The Balaban J connectivity index is 2.29. The van der Waals surface area contributed by atoms with E-state index >= 15 is 0 Å². The molecule has 0 bridgehead atoms. The maximum atomic E-state index is 13.7. The number of amides is 4. The topological polar surface area (TPSA) is 152 Å². The van der Waals surface area contributed by atoms with E-state index in [0.717, 1.165) is 47.0 Å². The van der Waals surface area contributed by atoms with Crippen molar-refractivity contribution in [2.24, 2.45) is 0 Å². The molecule has 0 aromatic rings. The molecule has 2 unspecified atom stereocenters. The predicted octanol–water partition coefficient (Wildman–Crippen LogP) is 4.28. The fourth-order valence-electron chi connectivity index (χ4n) is 4.12. The zero-order valence-corrected chi connectivity index (χ0v) is 26.7. The third kappa shape index (κ3) is 10.2. The highest BCUT2D eigenvalue weighted by Crippen LogP contribution is 2.36. The normalized spacial score (nSPS) is 18.0. The molecule has 2 rings (SSSR count). The lowest BCUT2D eigenvalue weighted by Crippen LogP contribution is -2.48. The second-order valence-electron chi connectivity index (χ2n) is 8.06. The molecule has 2 saturated heterocycles. The summed E-state index contributed by atoms with van der Waals surface area (Å²) < 4.78 is 19.6. The fraction of sp³-hybridized carbons (Fsp3) is 0.739. The van der Waals surface area contributed by atoms with Gasteiger partial charge in [0.25, 0.3) is 0 Å². The van der Waals surface area contributed by atoms with E-state index in [9.17, 15) is 28.8 Å². The maximum Gasteiger partial charge on any atom is 0.367 e. The summed E-state index contributed by atoms with van der Waals surface area (Å²) in [6, 6.07) is -0.733. The van der Waals surface area contributed by atoms with Crippen LogP contribution in [0.25, 0.3) is 0 Å². The average Bonchev–Trinajstić information content (AvgIpc) is 3.34. The van der Waals surface area contributed by atoms with Gasteiger partial charge in [-0.1, -0.05) is 0 Å². The van der Waals surface area contributed by atoms with E-state index in [1.165, 1.54) is 26.7 Å². The Morgan fingerprint density at radius 1 is 0.561 bits per heavy atom. The second kappa shape index (κ2) is 18.4. The lowest BCUT2D eigenvalue weighted by Gasteiger charge is -2.29. The molecular formula is C23H36N4O10S4. The van der Waals surface area contributed by atoms with Gasteiger partial charge < -0.3 is 18.9 Å². The largest absolute Gasteiger partial charge is 0.461 e. The van der Waals surface area contributed by atoms with Crippen LogP contribution in [0.1, 0.15) is 20.8 Å². The Hall–Kier alpha value is -2.18. The summed E-state index contributed by atoms with van der Waals surface area (Å²) in [4.78, 5) is 80.8. The number of carbonyl (C=O) groups excluding carboxylic acids is 6. The lowest BCUT2D eigenvalue weighted by molar-refractivity contribution is 0.136. The van der Waals surface area contributed by atoms with Gasteiger partial charge in [0.1, 0.15) is 12.3 Å². The molecule has 0 N–H and O–H groups in total. The van der Waals surface area contributed by atoms with Crippen LogP contribution in [-0.4, -0.2) is 141 Å². The van der Waals surface area contributed by atoms with Crippen molar-refractivity contribution >= 4 is 80.3 Å². The van der Waals surface area contributed by atoms with Gasteiger partial charge >= 0.3 is 33.3 Å². The molecule has 0 spiro atoms. The molecule has 0 aromatic carbocycles. The van der Waals surface area contributed by atoms with Crippen molar-refractivity contribution < 1.29 is 47.7 Å². The third-order valence-corrected chi connectivity index (χ3v) is 8.70. The van der Waals surface area contributed by atoms with Gasteiger partial charge in [0.05, 0.1) is 26.9 Å². The summed E-state index contributed by atoms with van der Waals surface area (Å²) in [5, 5.41) is -1.90. The zero-order chi connectivity index (χ0) is 30.4. The summed E-state index contributed by atoms with van der Waals surface area (Å²) in [5.41, 5.74) is 0. The van der Waals surface area contributed by atoms with Crippen molar-refractivity contribution in [3.05, 3.63) is 0 Å². The van der Waals surface area contributed by atoms with Crippen LogP contribution in [0, 0.1) is 0 Å². The zero-order valence-electron chi connectivity index (χ0n) is 23.4. The van der Waals surface area contributed by atoms with Crippen molar-refractivity contribution in [3.63, 3.8) is 0 Å². The molecule has 41 heavy (non-hydrogen) atoms. The molecule has 2 atom stereocenters. The first-order valence-electron chi connectivity index (χ1n) is 12.9. The molecular weight excluding hydrogens is 621 g/mol. The van der Waals surface area contributed by atoms with E-state index < -0.39 is 33.5 Å². The van der Waals surface area contributed by atoms with Gasteiger partial charge in [-0.15, -0.1) is 0 Å². The summed E-state index contributed by atoms with van der Waals surface area (Å²) in [6.07, 6.45) is -1.45.